The first-order valence-electron chi connectivity index (χ1n) is 9.06. The van der Waals surface area contributed by atoms with E-state index < -0.39 is 10.0 Å². The normalized spacial score (nSPS) is 15.6. The maximum Gasteiger partial charge on any atom is 0.321 e. The molecule has 2 N–H and O–H groups in total. The van der Waals surface area contributed by atoms with Crippen LogP contribution in [0.5, 0.6) is 0 Å². The van der Waals surface area contributed by atoms with E-state index in [0.717, 1.165) is 11.3 Å². The van der Waals surface area contributed by atoms with Crippen LogP contribution in [0.1, 0.15) is 24.0 Å². The number of nitrogens with zero attached hydrogens (tertiary/aromatic N) is 1. The van der Waals surface area contributed by atoms with Gasteiger partial charge in [-0.15, -0.1) is 0 Å². The minimum absolute atomic E-state index is 0.150. The van der Waals surface area contributed by atoms with Crippen LogP contribution in [0.2, 0.25) is 0 Å². The number of rotatable bonds is 4. The summed E-state index contributed by atoms with van der Waals surface area (Å²) in [4.78, 5) is 14.4. The van der Waals surface area contributed by atoms with Crippen molar-refractivity contribution in [1.29, 1.82) is 0 Å². The molecule has 0 atom stereocenters. The third kappa shape index (κ3) is 4.87. The lowest BCUT2D eigenvalue weighted by Gasteiger charge is -2.32. The fraction of sp³-hybridized carbons (Fsp3) is 0.350. The zero-order valence-corrected chi connectivity index (χ0v) is 16.4. The maximum absolute atomic E-state index is 12.5. The largest absolute Gasteiger partial charge is 0.324 e. The molecule has 1 heterocycles. The summed E-state index contributed by atoms with van der Waals surface area (Å²) < 4.78 is 27.6. The van der Waals surface area contributed by atoms with Crippen LogP contribution in [0.25, 0.3) is 0 Å². The van der Waals surface area contributed by atoms with Crippen LogP contribution in [0.3, 0.4) is 0 Å². The molecule has 0 bridgehead atoms. The molecule has 1 aliphatic heterocycles. The van der Waals surface area contributed by atoms with Gasteiger partial charge in [-0.05, 0) is 62.1 Å². The van der Waals surface area contributed by atoms with Crippen molar-refractivity contribution in [2.45, 2.75) is 37.6 Å². The Balaban J connectivity index is 1.54. The molecule has 0 unspecified atom stereocenters. The lowest BCUT2D eigenvalue weighted by Crippen LogP contribution is -2.47. The zero-order valence-electron chi connectivity index (χ0n) is 15.6. The Kier molecular flexibility index (Phi) is 5.82. The Hall–Kier alpha value is -2.38. The van der Waals surface area contributed by atoms with Gasteiger partial charge in [0.15, 0.2) is 0 Å². The highest BCUT2D eigenvalue weighted by atomic mass is 32.2. The minimum Gasteiger partial charge on any atom is -0.324 e. The molecule has 2 aromatic carbocycles. The van der Waals surface area contributed by atoms with Gasteiger partial charge in [-0.25, -0.2) is 17.9 Å². The van der Waals surface area contributed by atoms with E-state index in [-0.39, 0.29) is 17.0 Å². The number of hydrogen-bond acceptors (Lipinski definition) is 3. The standard InChI is InChI=1S/C20H25N3O3S/c1-15-8-9-18(14-16(15)2)21-20(24)23-12-10-17(11-13-23)22-27(25,26)19-6-4-3-5-7-19/h3-9,14,17,22H,10-13H2,1-2H3,(H,21,24). The van der Waals surface area contributed by atoms with Crippen molar-refractivity contribution in [3.05, 3.63) is 59.7 Å². The van der Waals surface area contributed by atoms with Gasteiger partial charge in [-0.1, -0.05) is 24.3 Å². The number of likely N-dealkylation sites (tertiary alicyclic amines) is 1. The van der Waals surface area contributed by atoms with Crippen LogP contribution in [0, 0.1) is 13.8 Å². The Bertz CT molecular complexity index is 905. The number of urea groups is 1. The number of aryl methyl sites for hydroxylation is 2. The van der Waals surface area contributed by atoms with Gasteiger partial charge in [0.25, 0.3) is 0 Å². The quantitative estimate of drug-likeness (QED) is 0.845. The van der Waals surface area contributed by atoms with Gasteiger partial charge in [0.05, 0.1) is 4.90 Å². The van der Waals surface area contributed by atoms with E-state index in [1.54, 1.807) is 35.2 Å². The molecule has 0 aliphatic carbocycles. The molecule has 0 aromatic heterocycles. The number of nitrogens with one attached hydrogen (secondary N) is 2. The summed E-state index contributed by atoms with van der Waals surface area (Å²) in [6.45, 7) is 5.06. The van der Waals surface area contributed by atoms with E-state index in [2.05, 4.69) is 10.0 Å². The number of carbonyl (C=O) groups excluding carboxylic acids is 1. The summed E-state index contributed by atoms with van der Waals surface area (Å²) in [6, 6.07) is 13.9. The van der Waals surface area contributed by atoms with E-state index in [1.807, 2.05) is 32.0 Å². The lowest BCUT2D eigenvalue weighted by atomic mass is 10.1. The number of benzene rings is 2. The predicted octanol–water partition coefficient (Wildman–Crippen LogP) is 3.28. The number of anilines is 1. The second-order valence-corrected chi connectivity index (χ2v) is 8.64. The summed E-state index contributed by atoms with van der Waals surface area (Å²) in [7, 11) is -3.52. The first-order chi connectivity index (χ1) is 12.8. The van der Waals surface area contributed by atoms with Crippen LogP contribution >= 0.6 is 0 Å². The topological polar surface area (TPSA) is 78.5 Å². The maximum atomic E-state index is 12.5. The van der Waals surface area contributed by atoms with Gasteiger partial charge in [-0.3, -0.25) is 0 Å². The van der Waals surface area contributed by atoms with Gasteiger partial charge in [0, 0.05) is 24.8 Å². The predicted molar refractivity (Wildman–Crippen MR) is 106 cm³/mol. The average molecular weight is 388 g/mol. The van der Waals surface area contributed by atoms with Gasteiger partial charge < -0.3 is 10.2 Å². The second-order valence-electron chi connectivity index (χ2n) is 6.92. The molecule has 1 aliphatic rings. The first kappa shape index (κ1) is 19.4. The Morgan fingerprint density at radius 3 is 2.30 bits per heavy atom. The third-order valence-corrected chi connectivity index (χ3v) is 6.45. The number of hydrogen-bond donors (Lipinski definition) is 2. The van der Waals surface area contributed by atoms with Crippen molar-refractivity contribution in [2.75, 3.05) is 18.4 Å². The molecule has 2 amide bonds. The second kappa shape index (κ2) is 8.10. The van der Waals surface area contributed by atoms with Crippen LogP contribution < -0.4 is 10.0 Å². The summed E-state index contributed by atoms with van der Waals surface area (Å²) in [5.41, 5.74) is 3.08. The fourth-order valence-electron chi connectivity index (χ4n) is 3.11. The molecule has 7 heteroatoms. The number of amides is 2. The van der Waals surface area contributed by atoms with E-state index in [0.29, 0.717) is 25.9 Å². The number of sulfonamides is 1. The van der Waals surface area contributed by atoms with Crippen molar-refractivity contribution in [2.24, 2.45) is 0 Å². The van der Waals surface area contributed by atoms with Crippen LogP contribution in [0.4, 0.5) is 10.5 Å². The molecular formula is C20H25N3O3S. The molecule has 0 saturated carbocycles. The summed E-state index contributed by atoms with van der Waals surface area (Å²) in [5, 5.41) is 2.92. The van der Waals surface area contributed by atoms with Gasteiger partial charge in [-0.2, -0.15) is 0 Å². The molecule has 27 heavy (non-hydrogen) atoms. The Morgan fingerprint density at radius 2 is 1.67 bits per heavy atom. The molecular weight excluding hydrogens is 362 g/mol. The highest BCUT2D eigenvalue weighted by Gasteiger charge is 2.26. The SMILES string of the molecule is Cc1ccc(NC(=O)N2CCC(NS(=O)(=O)c3ccccc3)CC2)cc1C. The van der Waals surface area contributed by atoms with Gasteiger partial charge in [0.1, 0.15) is 0 Å². The number of carbonyl (C=O) groups is 1. The Labute approximate surface area is 160 Å². The molecule has 144 valence electrons. The average Bonchev–Trinajstić information content (AvgIpc) is 2.66. The van der Waals surface area contributed by atoms with Crippen molar-refractivity contribution in [3.8, 4) is 0 Å². The minimum atomic E-state index is -3.52. The van der Waals surface area contributed by atoms with Crippen molar-refractivity contribution >= 4 is 21.7 Å². The highest BCUT2D eigenvalue weighted by Crippen LogP contribution is 2.18. The zero-order chi connectivity index (χ0) is 19.4. The van der Waals surface area contributed by atoms with Crippen molar-refractivity contribution in [1.82, 2.24) is 9.62 Å². The molecule has 6 nitrogen and oxygen atoms in total. The van der Waals surface area contributed by atoms with Crippen LogP contribution in [0.15, 0.2) is 53.4 Å². The van der Waals surface area contributed by atoms with Crippen molar-refractivity contribution in [3.63, 3.8) is 0 Å². The van der Waals surface area contributed by atoms with Crippen LogP contribution in [-0.4, -0.2) is 38.5 Å². The van der Waals surface area contributed by atoms with E-state index >= 15 is 0 Å². The molecule has 2 aromatic rings. The fourth-order valence-corrected chi connectivity index (χ4v) is 4.44. The van der Waals surface area contributed by atoms with E-state index in [9.17, 15) is 13.2 Å². The van der Waals surface area contributed by atoms with Gasteiger partial charge >= 0.3 is 6.03 Å². The molecule has 0 spiro atoms. The monoisotopic (exact) mass is 387 g/mol. The third-order valence-electron chi connectivity index (χ3n) is 4.92. The summed E-state index contributed by atoms with van der Waals surface area (Å²) >= 11 is 0. The Morgan fingerprint density at radius 1 is 1.00 bits per heavy atom. The lowest BCUT2D eigenvalue weighted by molar-refractivity contribution is 0.193. The molecule has 0 radical (unpaired) electrons. The first-order valence-corrected chi connectivity index (χ1v) is 10.5. The number of piperidine rings is 1. The van der Waals surface area contributed by atoms with E-state index in [1.165, 1.54) is 5.56 Å². The smallest absolute Gasteiger partial charge is 0.321 e. The van der Waals surface area contributed by atoms with Crippen LogP contribution in [-0.2, 0) is 10.0 Å². The summed E-state index contributed by atoms with van der Waals surface area (Å²) in [5.74, 6) is 0. The molecule has 1 saturated heterocycles. The van der Waals surface area contributed by atoms with Crippen molar-refractivity contribution < 1.29 is 13.2 Å². The van der Waals surface area contributed by atoms with E-state index in [4.69, 9.17) is 0 Å². The van der Waals surface area contributed by atoms with Gasteiger partial charge in [0.2, 0.25) is 10.0 Å². The highest BCUT2D eigenvalue weighted by molar-refractivity contribution is 7.89. The summed E-state index contributed by atoms with van der Waals surface area (Å²) in [6.07, 6.45) is 1.18. The molecule has 1 fully saturated rings. The molecule has 3 rings (SSSR count).